The number of aliphatic carboxylic acids is 1. The second-order valence-corrected chi connectivity index (χ2v) is 5.44. The summed E-state index contributed by atoms with van der Waals surface area (Å²) in [7, 11) is -3.51. The number of rotatable bonds is 6. The van der Waals surface area contributed by atoms with Crippen molar-refractivity contribution in [3.05, 3.63) is 0 Å². The lowest BCUT2D eigenvalue weighted by Gasteiger charge is -2.11. The van der Waals surface area contributed by atoms with Gasteiger partial charge in [0, 0.05) is 6.42 Å². The molecule has 0 aromatic rings. The highest BCUT2D eigenvalue weighted by atomic mass is 32.2. The van der Waals surface area contributed by atoms with Crippen molar-refractivity contribution in [2.45, 2.75) is 25.3 Å². The monoisotopic (exact) mass is 231 g/mol. The standard InChI is InChI=1S/C9H13NO4S/c1-2-3-8(9(11)12)10-15(13,14)6-7-4-5-7/h1,7-8,10H,3-6H2,(H,11,12). The van der Waals surface area contributed by atoms with E-state index in [2.05, 4.69) is 10.6 Å². The molecular formula is C9H13NO4S. The van der Waals surface area contributed by atoms with Gasteiger partial charge in [-0.05, 0) is 18.8 Å². The van der Waals surface area contributed by atoms with Gasteiger partial charge < -0.3 is 5.11 Å². The number of carbonyl (C=O) groups is 1. The average Bonchev–Trinajstić information content (AvgIpc) is 2.86. The molecule has 0 aromatic heterocycles. The number of hydrogen-bond acceptors (Lipinski definition) is 3. The van der Waals surface area contributed by atoms with Crippen molar-refractivity contribution < 1.29 is 18.3 Å². The van der Waals surface area contributed by atoms with Gasteiger partial charge >= 0.3 is 5.97 Å². The number of carboxylic acid groups (broad SMARTS) is 1. The minimum atomic E-state index is -3.51. The van der Waals surface area contributed by atoms with Crippen LogP contribution in [0.3, 0.4) is 0 Å². The first kappa shape index (κ1) is 12.0. The van der Waals surface area contributed by atoms with E-state index in [0.717, 1.165) is 12.8 Å². The van der Waals surface area contributed by atoms with E-state index in [9.17, 15) is 13.2 Å². The lowest BCUT2D eigenvalue weighted by atomic mass is 10.2. The molecule has 0 radical (unpaired) electrons. The van der Waals surface area contributed by atoms with Crippen LogP contribution in [0, 0.1) is 18.3 Å². The van der Waals surface area contributed by atoms with E-state index in [0.29, 0.717) is 0 Å². The van der Waals surface area contributed by atoms with Crippen molar-refractivity contribution in [2.75, 3.05) is 5.75 Å². The summed E-state index contributed by atoms with van der Waals surface area (Å²) in [6.07, 6.45) is 6.61. The molecule has 15 heavy (non-hydrogen) atoms. The topological polar surface area (TPSA) is 83.5 Å². The Morgan fingerprint density at radius 2 is 2.20 bits per heavy atom. The fourth-order valence-electron chi connectivity index (χ4n) is 1.16. The Morgan fingerprint density at radius 1 is 1.60 bits per heavy atom. The van der Waals surface area contributed by atoms with E-state index in [1.165, 1.54) is 0 Å². The Balaban J connectivity index is 2.55. The second kappa shape index (κ2) is 4.64. The summed E-state index contributed by atoms with van der Waals surface area (Å²) in [5, 5.41) is 8.69. The third-order valence-corrected chi connectivity index (χ3v) is 3.65. The molecule has 5 nitrogen and oxygen atoms in total. The SMILES string of the molecule is C#CCC(NS(=O)(=O)CC1CC1)C(=O)O. The molecular weight excluding hydrogens is 218 g/mol. The van der Waals surface area contributed by atoms with E-state index in [4.69, 9.17) is 11.5 Å². The fourth-order valence-corrected chi connectivity index (χ4v) is 2.82. The molecule has 0 aliphatic heterocycles. The van der Waals surface area contributed by atoms with Crippen LogP contribution in [0.25, 0.3) is 0 Å². The molecule has 0 bridgehead atoms. The zero-order valence-electron chi connectivity index (χ0n) is 8.14. The van der Waals surface area contributed by atoms with Crippen LogP contribution in [0.2, 0.25) is 0 Å². The number of nitrogens with one attached hydrogen (secondary N) is 1. The third kappa shape index (κ3) is 4.32. The van der Waals surface area contributed by atoms with Crippen molar-refractivity contribution in [1.82, 2.24) is 4.72 Å². The van der Waals surface area contributed by atoms with Crippen molar-refractivity contribution >= 4 is 16.0 Å². The molecule has 0 amide bonds. The van der Waals surface area contributed by atoms with Crippen LogP contribution in [0.1, 0.15) is 19.3 Å². The minimum absolute atomic E-state index is 0.00134. The Kier molecular flexibility index (Phi) is 3.72. The maximum atomic E-state index is 11.4. The number of terminal acetylenes is 1. The van der Waals surface area contributed by atoms with Gasteiger partial charge in [-0.1, -0.05) is 0 Å². The van der Waals surface area contributed by atoms with Crippen LogP contribution < -0.4 is 4.72 Å². The zero-order chi connectivity index (χ0) is 11.5. The summed E-state index contributed by atoms with van der Waals surface area (Å²) < 4.78 is 25.0. The predicted octanol–water partition coefficient (Wildman–Crippen LogP) is -0.208. The maximum absolute atomic E-state index is 11.4. The summed E-state index contributed by atoms with van der Waals surface area (Å²) in [5.74, 6) is 1.07. The van der Waals surface area contributed by atoms with Gasteiger partial charge in [-0.25, -0.2) is 8.42 Å². The van der Waals surface area contributed by atoms with Gasteiger partial charge in [0.05, 0.1) is 5.75 Å². The van der Waals surface area contributed by atoms with Crippen molar-refractivity contribution in [1.29, 1.82) is 0 Å². The predicted molar refractivity (Wildman–Crippen MR) is 54.5 cm³/mol. The first-order valence-corrected chi connectivity index (χ1v) is 6.26. The van der Waals surface area contributed by atoms with Crippen molar-refractivity contribution in [3.63, 3.8) is 0 Å². The number of hydrogen-bond donors (Lipinski definition) is 2. The number of sulfonamides is 1. The Bertz CT molecular complexity index is 377. The van der Waals surface area contributed by atoms with Gasteiger partial charge in [0.15, 0.2) is 0 Å². The summed E-state index contributed by atoms with van der Waals surface area (Å²) in [6, 6.07) is -1.21. The van der Waals surface area contributed by atoms with Crippen molar-refractivity contribution in [3.8, 4) is 12.3 Å². The van der Waals surface area contributed by atoms with E-state index >= 15 is 0 Å². The Labute approximate surface area is 88.9 Å². The minimum Gasteiger partial charge on any atom is -0.480 e. The second-order valence-electron chi connectivity index (χ2n) is 3.64. The van der Waals surface area contributed by atoms with Gasteiger partial charge in [-0.15, -0.1) is 12.3 Å². The van der Waals surface area contributed by atoms with Crippen LogP contribution in [0.4, 0.5) is 0 Å². The Morgan fingerprint density at radius 3 is 2.60 bits per heavy atom. The first-order chi connectivity index (χ1) is 6.94. The summed E-state index contributed by atoms with van der Waals surface area (Å²) >= 11 is 0. The lowest BCUT2D eigenvalue weighted by molar-refractivity contribution is -0.138. The summed E-state index contributed by atoms with van der Waals surface area (Å²) in [5.41, 5.74) is 0. The van der Waals surface area contributed by atoms with E-state index < -0.39 is 22.0 Å². The molecule has 0 saturated heterocycles. The van der Waals surface area contributed by atoms with Gasteiger partial charge in [0.1, 0.15) is 6.04 Å². The molecule has 1 saturated carbocycles. The molecule has 1 atom stereocenters. The molecule has 6 heteroatoms. The van der Waals surface area contributed by atoms with Crippen LogP contribution in [0.5, 0.6) is 0 Å². The molecule has 1 unspecified atom stereocenters. The van der Waals surface area contributed by atoms with Crippen LogP contribution in [-0.4, -0.2) is 31.3 Å². The third-order valence-electron chi connectivity index (χ3n) is 2.09. The number of carboxylic acids is 1. The fraction of sp³-hybridized carbons (Fsp3) is 0.667. The molecule has 1 rings (SSSR count). The zero-order valence-corrected chi connectivity index (χ0v) is 8.96. The molecule has 1 aliphatic carbocycles. The average molecular weight is 231 g/mol. The highest BCUT2D eigenvalue weighted by Gasteiger charge is 2.30. The van der Waals surface area contributed by atoms with Crippen LogP contribution in [-0.2, 0) is 14.8 Å². The summed E-state index contributed by atoms with van der Waals surface area (Å²) in [4.78, 5) is 10.6. The van der Waals surface area contributed by atoms with E-state index in [-0.39, 0.29) is 18.1 Å². The molecule has 0 spiro atoms. The van der Waals surface area contributed by atoms with Gasteiger partial charge in [-0.2, -0.15) is 4.72 Å². The first-order valence-electron chi connectivity index (χ1n) is 4.61. The highest BCUT2D eigenvalue weighted by molar-refractivity contribution is 7.89. The van der Waals surface area contributed by atoms with Gasteiger partial charge in [0.25, 0.3) is 0 Å². The molecule has 84 valence electrons. The smallest absolute Gasteiger partial charge is 0.322 e. The molecule has 1 fully saturated rings. The molecule has 0 aromatic carbocycles. The Hall–Kier alpha value is -1.06. The largest absolute Gasteiger partial charge is 0.480 e. The van der Waals surface area contributed by atoms with Crippen molar-refractivity contribution in [2.24, 2.45) is 5.92 Å². The highest BCUT2D eigenvalue weighted by Crippen LogP contribution is 2.30. The lowest BCUT2D eigenvalue weighted by Crippen LogP contribution is -2.41. The van der Waals surface area contributed by atoms with Gasteiger partial charge in [-0.3, -0.25) is 4.79 Å². The van der Waals surface area contributed by atoms with Crippen LogP contribution in [0.15, 0.2) is 0 Å². The normalized spacial score (nSPS) is 18.1. The maximum Gasteiger partial charge on any atom is 0.322 e. The van der Waals surface area contributed by atoms with Crippen LogP contribution >= 0.6 is 0 Å². The quantitative estimate of drug-likeness (QED) is 0.620. The van der Waals surface area contributed by atoms with E-state index in [1.807, 2.05) is 0 Å². The summed E-state index contributed by atoms with van der Waals surface area (Å²) in [6.45, 7) is 0. The molecule has 1 aliphatic rings. The van der Waals surface area contributed by atoms with E-state index in [1.54, 1.807) is 0 Å². The molecule has 0 heterocycles. The van der Waals surface area contributed by atoms with Gasteiger partial charge in [0.2, 0.25) is 10.0 Å². The molecule has 2 N–H and O–H groups in total.